The van der Waals surface area contributed by atoms with E-state index in [4.69, 9.17) is 9.84 Å². The summed E-state index contributed by atoms with van der Waals surface area (Å²) < 4.78 is 32.2. The Hall–Kier alpha value is -2.11. The Kier molecular flexibility index (Phi) is 5.49. The van der Waals surface area contributed by atoms with E-state index in [0.717, 1.165) is 12.4 Å². The fraction of sp³-hybridized carbons (Fsp3) is 0.600. The predicted molar refractivity (Wildman–Crippen MR) is 89.2 cm³/mol. The first-order chi connectivity index (χ1) is 12.4. The van der Waals surface area contributed by atoms with Gasteiger partial charge in [0.2, 0.25) is 10.0 Å². The number of nitrogens with zero attached hydrogens (tertiary/aromatic N) is 4. The number of aromatic nitrogens is 2. The van der Waals surface area contributed by atoms with Gasteiger partial charge in [0.1, 0.15) is 5.69 Å². The maximum absolute atomic E-state index is 12.8. The summed E-state index contributed by atoms with van der Waals surface area (Å²) >= 11 is 0. The van der Waals surface area contributed by atoms with E-state index in [9.17, 15) is 18.0 Å². The van der Waals surface area contributed by atoms with E-state index in [1.807, 2.05) is 0 Å². The monoisotopic (exact) mass is 384 g/mol. The second-order valence-electron chi connectivity index (χ2n) is 6.16. The van der Waals surface area contributed by atoms with E-state index in [2.05, 4.69) is 9.97 Å². The van der Waals surface area contributed by atoms with E-state index in [1.165, 1.54) is 9.21 Å². The number of morpholine rings is 1. The van der Waals surface area contributed by atoms with Gasteiger partial charge in [0.15, 0.2) is 5.69 Å². The number of carbonyl (C=O) groups excluding carboxylic acids is 1. The normalized spacial score (nSPS) is 22.2. The Bertz CT molecular complexity index is 776. The van der Waals surface area contributed by atoms with Crippen molar-refractivity contribution in [3.05, 3.63) is 23.8 Å². The molecule has 11 heteroatoms. The van der Waals surface area contributed by atoms with Crippen LogP contribution in [0.4, 0.5) is 0 Å². The molecule has 2 fully saturated rings. The first-order valence-corrected chi connectivity index (χ1v) is 9.81. The average Bonchev–Trinajstić information content (AvgIpc) is 2.68. The quantitative estimate of drug-likeness (QED) is 0.731. The highest BCUT2D eigenvalue weighted by molar-refractivity contribution is 7.89. The third kappa shape index (κ3) is 3.84. The molecule has 2 aliphatic rings. The molecule has 0 aromatic carbocycles. The van der Waals surface area contributed by atoms with Crippen molar-refractivity contribution >= 4 is 21.9 Å². The SMILES string of the molecule is O=C(O)c1cnc(C(=O)N2CCCC(S(=O)(=O)N3CCOCC3)C2)cn1. The maximum atomic E-state index is 12.8. The van der Waals surface area contributed by atoms with Crippen molar-refractivity contribution in [2.24, 2.45) is 0 Å². The van der Waals surface area contributed by atoms with Gasteiger partial charge in [-0.25, -0.2) is 23.2 Å². The number of aromatic carboxylic acids is 1. The summed E-state index contributed by atoms with van der Waals surface area (Å²) in [5.41, 5.74) is -0.257. The molecular weight excluding hydrogens is 364 g/mol. The molecule has 2 aliphatic heterocycles. The summed E-state index contributed by atoms with van der Waals surface area (Å²) in [6.45, 7) is 1.92. The number of sulfonamides is 1. The molecule has 1 N–H and O–H groups in total. The zero-order valence-electron chi connectivity index (χ0n) is 14.1. The first kappa shape index (κ1) is 18.7. The molecule has 0 aliphatic carbocycles. The molecule has 2 saturated heterocycles. The molecule has 1 atom stereocenters. The molecule has 0 bridgehead atoms. The molecule has 1 unspecified atom stereocenters. The average molecular weight is 384 g/mol. The van der Waals surface area contributed by atoms with Crippen LogP contribution < -0.4 is 0 Å². The van der Waals surface area contributed by atoms with Crippen LogP contribution >= 0.6 is 0 Å². The second-order valence-corrected chi connectivity index (χ2v) is 8.38. The van der Waals surface area contributed by atoms with E-state index in [0.29, 0.717) is 45.7 Å². The zero-order valence-corrected chi connectivity index (χ0v) is 14.9. The number of hydrogen-bond acceptors (Lipinski definition) is 7. The van der Waals surface area contributed by atoms with Crippen LogP contribution in [0.1, 0.15) is 33.8 Å². The molecule has 1 aromatic heterocycles. The Morgan fingerprint density at radius 3 is 2.38 bits per heavy atom. The highest BCUT2D eigenvalue weighted by Gasteiger charge is 2.37. The number of ether oxygens (including phenoxy) is 1. The van der Waals surface area contributed by atoms with Crippen molar-refractivity contribution in [2.75, 3.05) is 39.4 Å². The van der Waals surface area contributed by atoms with Crippen LogP contribution in [-0.2, 0) is 14.8 Å². The third-order valence-electron chi connectivity index (χ3n) is 4.51. The number of amides is 1. The summed E-state index contributed by atoms with van der Waals surface area (Å²) in [6, 6.07) is 0. The highest BCUT2D eigenvalue weighted by Crippen LogP contribution is 2.22. The fourth-order valence-corrected chi connectivity index (χ4v) is 5.00. The molecule has 0 spiro atoms. The fourth-order valence-electron chi connectivity index (χ4n) is 3.09. The maximum Gasteiger partial charge on any atom is 0.356 e. The van der Waals surface area contributed by atoms with Crippen LogP contribution in [0.2, 0.25) is 0 Å². The Morgan fingerprint density at radius 2 is 1.77 bits per heavy atom. The van der Waals surface area contributed by atoms with Crippen LogP contribution in [0.15, 0.2) is 12.4 Å². The van der Waals surface area contributed by atoms with Gasteiger partial charge in [-0.1, -0.05) is 0 Å². The minimum atomic E-state index is -3.51. The van der Waals surface area contributed by atoms with E-state index in [-0.39, 0.29) is 17.9 Å². The van der Waals surface area contributed by atoms with Gasteiger partial charge in [-0.15, -0.1) is 0 Å². The lowest BCUT2D eigenvalue weighted by molar-refractivity contribution is 0.0673. The van der Waals surface area contributed by atoms with Gasteiger partial charge in [-0.05, 0) is 12.8 Å². The van der Waals surface area contributed by atoms with Crippen LogP contribution in [-0.4, -0.2) is 89.2 Å². The molecule has 3 heterocycles. The van der Waals surface area contributed by atoms with E-state index >= 15 is 0 Å². The van der Waals surface area contributed by atoms with Crippen molar-refractivity contribution in [1.29, 1.82) is 0 Å². The van der Waals surface area contributed by atoms with Gasteiger partial charge in [-0.2, -0.15) is 4.31 Å². The Balaban J connectivity index is 1.71. The van der Waals surface area contributed by atoms with Gasteiger partial charge in [0, 0.05) is 26.2 Å². The lowest BCUT2D eigenvalue weighted by atomic mass is 10.1. The molecule has 1 amide bonds. The second kappa shape index (κ2) is 7.64. The number of likely N-dealkylation sites (tertiary alicyclic amines) is 1. The third-order valence-corrected chi connectivity index (χ3v) is 6.82. The highest BCUT2D eigenvalue weighted by atomic mass is 32.2. The molecule has 10 nitrogen and oxygen atoms in total. The summed E-state index contributed by atoms with van der Waals surface area (Å²) in [4.78, 5) is 32.4. The standard InChI is InChI=1S/C15H20N4O6S/c20-14(12-8-17-13(9-16-12)15(21)22)18-3-1-2-11(10-18)26(23,24)19-4-6-25-7-5-19/h8-9,11H,1-7,10H2,(H,21,22). The van der Waals surface area contributed by atoms with Crippen molar-refractivity contribution < 1.29 is 27.9 Å². The number of hydrogen-bond donors (Lipinski definition) is 1. The van der Waals surface area contributed by atoms with Crippen LogP contribution in [0.25, 0.3) is 0 Å². The molecule has 0 saturated carbocycles. The van der Waals surface area contributed by atoms with Gasteiger partial charge in [0.05, 0.1) is 30.9 Å². The van der Waals surface area contributed by atoms with Crippen LogP contribution in [0.5, 0.6) is 0 Å². The van der Waals surface area contributed by atoms with Gasteiger partial charge in [0.25, 0.3) is 5.91 Å². The lowest BCUT2D eigenvalue weighted by Crippen LogP contribution is -2.51. The number of carbonyl (C=O) groups is 2. The van der Waals surface area contributed by atoms with Gasteiger partial charge < -0.3 is 14.7 Å². The summed E-state index contributed by atoms with van der Waals surface area (Å²) in [6.07, 6.45) is 3.18. The summed E-state index contributed by atoms with van der Waals surface area (Å²) in [5.74, 6) is -1.68. The summed E-state index contributed by atoms with van der Waals surface area (Å²) in [5, 5.41) is 8.17. The van der Waals surface area contributed by atoms with Crippen molar-refractivity contribution in [1.82, 2.24) is 19.2 Å². The number of carboxylic acid groups (broad SMARTS) is 1. The van der Waals surface area contributed by atoms with Crippen LogP contribution in [0, 0.1) is 0 Å². The predicted octanol–water partition coefficient (Wildman–Crippen LogP) is -0.559. The minimum absolute atomic E-state index is 0.000537. The molecule has 26 heavy (non-hydrogen) atoms. The van der Waals surface area contributed by atoms with Crippen molar-refractivity contribution in [3.63, 3.8) is 0 Å². The zero-order chi connectivity index (χ0) is 18.7. The molecule has 3 rings (SSSR count). The van der Waals surface area contributed by atoms with Crippen molar-refractivity contribution in [3.8, 4) is 0 Å². The van der Waals surface area contributed by atoms with Crippen molar-refractivity contribution in [2.45, 2.75) is 18.1 Å². The number of piperidine rings is 1. The first-order valence-electron chi connectivity index (χ1n) is 8.31. The lowest BCUT2D eigenvalue weighted by Gasteiger charge is -2.36. The van der Waals surface area contributed by atoms with Gasteiger partial charge >= 0.3 is 5.97 Å². The van der Waals surface area contributed by atoms with Gasteiger partial charge in [-0.3, -0.25) is 4.79 Å². The van der Waals surface area contributed by atoms with E-state index < -0.39 is 27.1 Å². The Morgan fingerprint density at radius 1 is 1.12 bits per heavy atom. The topological polar surface area (TPSA) is 130 Å². The summed E-state index contributed by atoms with van der Waals surface area (Å²) in [7, 11) is -3.51. The Labute approximate surface area is 150 Å². The van der Waals surface area contributed by atoms with Crippen LogP contribution in [0.3, 0.4) is 0 Å². The largest absolute Gasteiger partial charge is 0.476 e. The van der Waals surface area contributed by atoms with E-state index in [1.54, 1.807) is 0 Å². The molecule has 142 valence electrons. The molecular formula is C15H20N4O6S. The molecule has 0 radical (unpaired) electrons. The smallest absolute Gasteiger partial charge is 0.356 e. The number of rotatable bonds is 4. The minimum Gasteiger partial charge on any atom is -0.476 e. The number of carboxylic acids is 1. The molecule has 1 aromatic rings.